The fourth-order valence-electron chi connectivity index (χ4n) is 3.29. The van der Waals surface area contributed by atoms with Crippen LogP contribution in [0.2, 0.25) is 0 Å². The third kappa shape index (κ3) is 3.77. The van der Waals surface area contributed by atoms with Gasteiger partial charge in [-0.2, -0.15) is 0 Å². The molecule has 0 unspecified atom stereocenters. The summed E-state index contributed by atoms with van der Waals surface area (Å²) in [5.74, 6) is 1.74. The molecule has 0 radical (unpaired) electrons. The standard InChI is InChI=1S/C23H28N2O/c1-5-24-22-16-20(13-11-17(22)4)26-23-10-8-9-18-15-19(12-14-21(18)23)25(6-2)7-3/h8-16,24H,5-7H2,1-4H3. The Morgan fingerprint density at radius 1 is 0.923 bits per heavy atom. The third-order valence-electron chi connectivity index (χ3n) is 4.76. The van der Waals surface area contributed by atoms with Gasteiger partial charge in [0.2, 0.25) is 0 Å². The lowest BCUT2D eigenvalue weighted by atomic mass is 10.1. The molecule has 26 heavy (non-hydrogen) atoms. The molecule has 3 aromatic rings. The minimum absolute atomic E-state index is 0.854. The molecule has 0 aliphatic rings. The highest BCUT2D eigenvalue weighted by atomic mass is 16.5. The molecule has 1 N–H and O–H groups in total. The molecule has 3 nitrogen and oxygen atoms in total. The van der Waals surface area contributed by atoms with Crippen LogP contribution in [0.25, 0.3) is 10.8 Å². The van der Waals surface area contributed by atoms with Crippen LogP contribution in [-0.4, -0.2) is 19.6 Å². The van der Waals surface area contributed by atoms with Gasteiger partial charge in [0.1, 0.15) is 11.5 Å². The van der Waals surface area contributed by atoms with Gasteiger partial charge in [-0.1, -0.05) is 18.2 Å². The zero-order chi connectivity index (χ0) is 18.5. The number of hydrogen-bond acceptors (Lipinski definition) is 3. The Balaban J connectivity index is 1.94. The summed E-state index contributed by atoms with van der Waals surface area (Å²) in [6.45, 7) is 11.5. The first-order valence-electron chi connectivity index (χ1n) is 9.46. The maximum Gasteiger partial charge on any atom is 0.135 e. The molecule has 0 aliphatic carbocycles. The van der Waals surface area contributed by atoms with Gasteiger partial charge in [-0.25, -0.2) is 0 Å². The molecule has 0 aromatic heterocycles. The SMILES string of the molecule is CCNc1cc(Oc2cccc3cc(N(CC)CC)ccc23)ccc1C. The maximum absolute atomic E-state index is 6.23. The molecule has 136 valence electrons. The highest BCUT2D eigenvalue weighted by Crippen LogP contribution is 2.33. The van der Waals surface area contributed by atoms with E-state index in [1.54, 1.807) is 0 Å². The summed E-state index contributed by atoms with van der Waals surface area (Å²) >= 11 is 0. The highest BCUT2D eigenvalue weighted by molar-refractivity contribution is 5.91. The molecule has 0 bridgehead atoms. The predicted molar refractivity (Wildman–Crippen MR) is 113 cm³/mol. The average molecular weight is 348 g/mol. The lowest BCUT2D eigenvalue weighted by molar-refractivity contribution is 0.488. The Hall–Kier alpha value is -2.68. The third-order valence-corrected chi connectivity index (χ3v) is 4.76. The van der Waals surface area contributed by atoms with E-state index >= 15 is 0 Å². The molecular formula is C23H28N2O. The van der Waals surface area contributed by atoms with Crippen LogP contribution in [0.5, 0.6) is 11.5 Å². The zero-order valence-corrected chi connectivity index (χ0v) is 16.2. The smallest absolute Gasteiger partial charge is 0.135 e. The van der Waals surface area contributed by atoms with Crippen molar-refractivity contribution >= 4 is 22.1 Å². The van der Waals surface area contributed by atoms with Gasteiger partial charge in [0, 0.05) is 42.5 Å². The fourth-order valence-corrected chi connectivity index (χ4v) is 3.29. The second kappa shape index (κ2) is 8.13. The minimum atomic E-state index is 0.854. The van der Waals surface area contributed by atoms with Crippen molar-refractivity contribution in [2.75, 3.05) is 29.9 Å². The molecule has 0 aliphatic heterocycles. The van der Waals surface area contributed by atoms with Crippen molar-refractivity contribution in [2.45, 2.75) is 27.7 Å². The lowest BCUT2D eigenvalue weighted by Gasteiger charge is -2.21. The zero-order valence-electron chi connectivity index (χ0n) is 16.2. The fraction of sp³-hybridized carbons (Fsp3) is 0.304. The van der Waals surface area contributed by atoms with Gasteiger partial charge in [-0.15, -0.1) is 0 Å². The Labute approximate surface area is 156 Å². The van der Waals surface area contributed by atoms with Crippen molar-refractivity contribution in [1.29, 1.82) is 0 Å². The monoisotopic (exact) mass is 348 g/mol. The normalized spacial score (nSPS) is 10.8. The minimum Gasteiger partial charge on any atom is -0.457 e. The summed E-state index contributed by atoms with van der Waals surface area (Å²) in [6.07, 6.45) is 0. The second-order valence-electron chi connectivity index (χ2n) is 6.44. The highest BCUT2D eigenvalue weighted by Gasteiger charge is 2.08. The van der Waals surface area contributed by atoms with Gasteiger partial charge in [0.25, 0.3) is 0 Å². The number of hydrogen-bond donors (Lipinski definition) is 1. The number of nitrogens with zero attached hydrogens (tertiary/aromatic N) is 1. The van der Waals surface area contributed by atoms with E-state index in [0.29, 0.717) is 0 Å². The summed E-state index contributed by atoms with van der Waals surface area (Å²) in [5, 5.41) is 5.72. The molecule has 0 saturated carbocycles. The van der Waals surface area contributed by atoms with Crippen molar-refractivity contribution in [3.05, 3.63) is 60.2 Å². The van der Waals surface area contributed by atoms with Crippen LogP contribution < -0.4 is 15.0 Å². The van der Waals surface area contributed by atoms with Gasteiger partial charge in [-0.05, 0) is 69.0 Å². The number of rotatable bonds is 7. The van der Waals surface area contributed by atoms with Crippen LogP contribution in [-0.2, 0) is 0 Å². The molecule has 0 fully saturated rings. The molecule has 0 saturated heterocycles. The van der Waals surface area contributed by atoms with Crippen molar-refractivity contribution in [3.63, 3.8) is 0 Å². The van der Waals surface area contributed by atoms with Gasteiger partial charge < -0.3 is 15.0 Å². The van der Waals surface area contributed by atoms with Crippen LogP contribution in [0.3, 0.4) is 0 Å². The summed E-state index contributed by atoms with van der Waals surface area (Å²) in [5.41, 5.74) is 3.60. The largest absolute Gasteiger partial charge is 0.457 e. The van der Waals surface area contributed by atoms with E-state index in [2.05, 4.69) is 80.4 Å². The van der Waals surface area contributed by atoms with E-state index in [4.69, 9.17) is 4.74 Å². The van der Waals surface area contributed by atoms with Crippen LogP contribution in [0.1, 0.15) is 26.3 Å². The molecule has 0 atom stereocenters. The van der Waals surface area contributed by atoms with Crippen LogP contribution in [0.15, 0.2) is 54.6 Å². The Kier molecular flexibility index (Phi) is 5.67. The molecule has 0 heterocycles. The predicted octanol–water partition coefficient (Wildman–Crippen LogP) is 6.22. The van der Waals surface area contributed by atoms with Crippen molar-refractivity contribution in [1.82, 2.24) is 0 Å². The number of anilines is 2. The summed E-state index contributed by atoms with van der Waals surface area (Å²) in [6, 6.07) is 19.0. The summed E-state index contributed by atoms with van der Waals surface area (Å²) in [4.78, 5) is 2.36. The van der Waals surface area contributed by atoms with E-state index < -0.39 is 0 Å². The van der Waals surface area contributed by atoms with Crippen molar-refractivity contribution in [3.8, 4) is 11.5 Å². The molecule has 0 amide bonds. The first kappa shape index (κ1) is 18.1. The lowest BCUT2D eigenvalue weighted by Crippen LogP contribution is -2.21. The number of ether oxygens (including phenoxy) is 1. The maximum atomic E-state index is 6.23. The first-order chi connectivity index (χ1) is 12.7. The van der Waals surface area contributed by atoms with E-state index in [0.717, 1.165) is 42.2 Å². The first-order valence-corrected chi connectivity index (χ1v) is 9.46. The summed E-state index contributed by atoms with van der Waals surface area (Å²) in [7, 11) is 0. The molecule has 3 heteroatoms. The van der Waals surface area contributed by atoms with Crippen molar-refractivity contribution in [2.24, 2.45) is 0 Å². The number of nitrogens with one attached hydrogen (secondary N) is 1. The van der Waals surface area contributed by atoms with Crippen molar-refractivity contribution < 1.29 is 4.74 Å². The van der Waals surface area contributed by atoms with Gasteiger partial charge >= 0.3 is 0 Å². The van der Waals surface area contributed by atoms with Gasteiger partial charge in [0.15, 0.2) is 0 Å². The molecular weight excluding hydrogens is 320 g/mol. The van der Waals surface area contributed by atoms with E-state index in [9.17, 15) is 0 Å². The van der Waals surface area contributed by atoms with E-state index in [1.807, 2.05) is 12.1 Å². The summed E-state index contributed by atoms with van der Waals surface area (Å²) < 4.78 is 6.23. The van der Waals surface area contributed by atoms with Crippen LogP contribution >= 0.6 is 0 Å². The van der Waals surface area contributed by atoms with Crippen LogP contribution in [0.4, 0.5) is 11.4 Å². The van der Waals surface area contributed by atoms with E-state index in [-0.39, 0.29) is 0 Å². The number of fused-ring (bicyclic) bond motifs is 1. The average Bonchev–Trinajstić information content (AvgIpc) is 2.66. The molecule has 3 aromatic carbocycles. The Morgan fingerprint density at radius 2 is 1.73 bits per heavy atom. The molecule has 3 rings (SSSR count). The van der Waals surface area contributed by atoms with E-state index in [1.165, 1.54) is 16.6 Å². The Morgan fingerprint density at radius 3 is 2.46 bits per heavy atom. The molecule has 0 spiro atoms. The number of benzene rings is 3. The Bertz CT molecular complexity index is 885. The van der Waals surface area contributed by atoms with Gasteiger partial charge in [-0.3, -0.25) is 0 Å². The topological polar surface area (TPSA) is 24.5 Å². The second-order valence-corrected chi connectivity index (χ2v) is 6.44. The van der Waals surface area contributed by atoms with Crippen LogP contribution in [0, 0.1) is 6.92 Å². The quantitative estimate of drug-likeness (QED) is 0.548. The van der Waals surface area contributed by atoms with Gasteiger partial charge in [0.05, 0.1) is 0 Å². The number of aryl methyl sites for hydroxylation is 1.